The quantitative estimate of drug-likeness (QED) is 0.682. The van der Waals surface area contributed by atoms with E-state index in [4.69, 9.17) is 4.42 Å². The first-order valence-corrected chi connectivity index (χ1v) is 9.68. The van der Waals surface area contributed by atoms with Crippen LogP contribution in [0.15, 0.2) is 53.7 Å². The van der Waals surface area contributed by atoms with E-state index < -0.39 is 0 Å². The highest BCUT2D eigenvalue weighted by atomic mass is 16.3. The van der Waals surface area contributed by atoms with Crippen LogP contribution in [0.2, 0.25) is 0 Å². The fraction of sp³-hybridized carbons (Fsp3) is 0.381. The molecule has 146 valence electrons. The van der Waals surface area contributed by atoms with Crippen molar-refractivity contribution in [1.82, 2.24) is 24.3 Å². The van der Waals surface area contributed by atoms with Crippen molar-refractivity contribution in [2.75, 3.05) is 19.6 Å². The Morgan fingerprint density at radius 2 is 2.07 bits per heavy atom. The van der Waals surface area contributed by atoms with Gasteiger partial charge >= 0.3 is 0 Å². The number of hydrogen-bond donors (Lipinski definition) is 0. The molecule has 1 atom stereocenters. The Kier molecular flexibility index (Phi) is 5.25. The third-order valence-corrected chi connectivity index (χ3v) is 5.39. The fourth-order valence-electron chi connectivity index (χ4n) is 3.69. The van der Waals surface area contributed by atoms with Gasteiger partial charge < -0.3 is 13.9 Å². The summed E-state index contributed by atoms with van der Waals surface area (Å²) in [5, 5.41) is 0. The van der Waals surface area contributed by atoms with Crippen molar-refractivity contribution in [3.05, 3.63) is 60.6 Å². The van der Waals surface area contributed by atoms with E-state index in [1.165, 1.54) is 6.39 Å². The zero-order valence-electron chi connectivity index (χ0n) is 16.3. The Labute approximate surface area is 164 Å². The van der Waals surface area contributed by atoms with E-state index in [9.17, 15) is 4.79 Å². The summed E-state index contributed by atoms with van der Waals surface area (Å²) in [5.41, 5.74) is 1.61. The summed E-state index contributed by atoms with van der Waals surface area (Å²) >= 11 is 0. The van der Waals surface area contributed by atoms with Crippen LogP contribution in [-0.2, 0) is 13.1 Å². The first-order valence-electron chi connectivity index (χ1n) is 9.68. The maximum Gasteiger partial charge on any atom is 0.253 e. The molecule has 1 aliphatic rings. The predicted molar refractivity (Wildman–Crippen MR) is 106 cm³/mol. The third-order valence-electron chi connectivity index (χ3n) is 5.39. The van der Waals surface area contributed by atoms with E-state index in [-0.39, 0.29) is 11.9 Å². The summed E-state index contributed by atoms with van der Waals surface area (Å²) in [5.74, 6) is 1.86. The van der Waals surface area contributed by atoms with Crippen LogP contribution in [0.1, 0.15) is 30.0 Å². The largest absolute Gasteiger partial charge is 0.444 e. The molecule has 4 rings (SSSR count). The molecule has 0 saturated carbocycles. The van der Waals surface area contributed by atoms with Gasteiger partial charge in [0.15, 0.2) is 12.2 Å². The molecule has 28 heavy (non-hydrogen) atoms. The van der Waals surface area contributed by atoms with Crippen LogP contribution in [-0.4, -0.2) is 55.9 Å². The van der Waals surface area contributed by atoms with Gasteiger partial charge in [0.2, 0.25) is 0 Å². The molecule has 3 heterocycles. The van der Waals surface area contributed by atoms with Crippen molar-refractivity contribution in [3.63, 3.8) is 0 Å². The van der Waals surface area contributed by atoms with Crippen LogP contribution in [0.5, 0.6) is 0 Å². The summed E-state index contributed by atoms with van der Waals surface area (Å²) in [4.78, 5) is 25.7. The van der Waals surface area contributed by atoms with Crippen LogP contribution < -0.4 is 0 Å². The fourth-order valence-corrected chi connectivity index (χ4v) is 3.69. The number of aromatic nitrogens is 3. The number of oxazole rings is 1. The van der Waals surface area contributed by atoms with E-state index in [0.29, 0.717) is 11.3 Å². The number of carbonyl (C=O) groups excluding carboxylic acids is 1. The first kappa shape index (κ1) is 18.4. The number of nitrogens with zero attached hydrogens (tertiary/aromatic N) is 5. The van der Waals surface area contributed by atoms with Crippen LogP contribution >= 0.6 is 0 Å². The molecule has 0 spiro atoms. The second kappa shape index (κ2) is 7.98. The second-order valence-electron chi connectivity index (χ2n) is 7.14. The zero-order chi connectivity index (χ0) is 19.5. The van der Waals surface area contributed by atoms with Gasteiger partial charge in [-0.2, -0.15) is 0 Å². The van der Waals surface area contributed by atoms with Gasteiger partial charge in [-0.05, 0) is 26.0 Å². The van der Waals surface area contributed by atoms with E-state index in [1.807, 2.05) is 41.6 Å². The lowest BCUT2D eigenvalue weighted by Gasteiger charge is -2.39. The molecule has 1 amide bonds. The maximum absolute atomic E-state index is 12.9. The number of benzene rings is 1. The Hall–Kier alpha value is -2.93. The molecule has 0 unspecified atom stereocenters. The molecule has 1 saturated heterocycles. The number of carbonyl (C=O) groups is 1. The predicted octanol–water partition coefficient (Wildman–Crippen LogP) is 2.90. The SMILES string of the molecule is CCn1ccnc1CN1CCN(C(=O)c2ccc(-c3cnco3)cc2)C[C@@H]1C. The van der Waals surface area contributed by atoms with Crippen molar-refractivity contribution in [3.8, 4) is 11.3 Å². The number of piperazine rings is 1. The van der Waals surface area contributed by atoms with Crippen LogP contribution in [0.4, 0.5) is 0 Å². The molecule has 1 aliphatic heterocycles. The Morgan fingerprint density at radius 3 is 2.75 bits per heavy atom. The van der Waals surface area contributed by atoms with Crippen molar-refractivity contribution in [1.29, 1.82) is 0 Å². The van der Waals surface area contributed by atoms with Gasteiger partial charge in [0.25, 0.3) is 5.91 Å². The molecular formula is C21H25N5O2. The highest BCUT2D eigenvalue weighted by Crippen LogP contribution is 2.21. The highest BCUT2D eigenvalue weighted by molar-refractivity contribution is 5.94. The Morgan fingerprint density at radius 1 is 1.25 bits per heavy atom. The minimum absolute atomic E-state index is 0.0747. The van der Waals surface area contributed by atoms with Gasteiger partial charge in [-0.25, -0.2) is 9.97 Å². The molecule has 7 nitrogen and oxygen atoms in total. The van der Waals surface area contributed by atoms with Gasteiger partial charge in [0.05, 0.1) is 12.7 Å². The molecule has 1 aromatic carbocycles. The van der Waals surface area contributed by atoms with Gasteiger partial charge in [-0.3, -0.25) is 9.69 Å². The van der Waals surface area contributed by atoms with Crippen LogP contribution in [0, 0.1) is 0 Å². The molecule has 0 N–H and O–H groups in total. The van der Waals surface area contributed by atoms with E-state index in [2.05, 4.69) is 33.3 Å². The van der Waals surface area contributed by atoms with E-state index in [1.54, 1.807) is 6.20 Å². The monoisotopic (exact) mass is 379 g/mol. The van der Waals surface area contributed by atoms with Crippen molar-refractivity contribution >= 4 is 5.91 Å². The van der Waals surface area contributed by atoms with Crippen molar-refractivity contribution in [2.45, 2.75) is 33.0 Å². The number of aryl methyl sites for hydroxylation is 1. The molecular weight excluding hydrogens is 354 g/mol. The molecule has 1 fully saturated rings. The third kappa shape index (κ3) is 3.71. The molecule has 0 aliphatic carbocycles. The zero-order valence-corrected chi connectivity index (χ0v) is 16.3. The van der Waals surface area contributed by atoms with Gasteiger partial charge in [-0.15, -0.1) is 0 Å². The molecule has 0 bridgehead atoms. The van der Waals surface area contributed by atoms with Crippen LogP contribution in [0.25, 0.3) is 11.3 Å². The van der Waals surface area contributed by atoms with Gasteiger partial charge in [0, 0.05) is 55.7 Å². The smallest absolute Gasteiger partial charge is 0.253 e. The lowest BCUT2D eigenvalue weighted by Crippen LogP contribution is -2.53. The van der Waals surface area contributed by atoms with Crippen molar-refractivity contribution in [2.24, 2.45) is 0 Å². The lowest BCUT2D eigenvalue weighted by atomic mass is 10.1. The highest BCUT2D eigenvalue weighted by Gasteiger charge is 2.28. The van der Waals surface area contributed by atoms with E-state index >= 15 is 0 Å². The minimum Gasteiger partial charge on any atom is -0.444 e. The maximum atomic E-state index is 12.9. The average Bonchev–Trinajstić information content (AvgIpc) is 3.41. The summed E-state index contributed by atoms with van der Waals surface area (Å²) < 4.78 is 7.47. The number of rotatable bonds is 5. The van der Waals surface area contributed by atoms with Crippen LogP contribution in [0.3, 0.4) is 0 Å². The Bertz CT molecular complexity index is 917. The lowest BCUT2D eigenvalue weighted by molar-refractivity contribution is 0.0486. The molecule has 2 aromatic heterocycles. The standard InChI is InChI=1S/C21H25N5O2/c1-3-24-9-8-23-20(24)14-25-10-11-26(13-16(25)2)21(27)18-6-4-17(5-7-18)19-12-22-15-28-19/h4-9,12,15-16H,3,10-11,13-14H2,1-2H3/t16-/m0/s1. The summed E-state index contributed by atoms with van der Waals surface area (Å²) in [6, 6.07) is 7.80. The van der Waals surface area contributed by atoms with Gasteiger partial charge in [0.1, 0.15) is 5.82 Å². The van der Waals surface area contributed by atoms with Gasteiger partial charge in [-0.1, -0.05) is 12.1 Å². The normalized spacial score (nSPS) is 17.8. The summed E-state index contributed by atoms with van der Waals surface area (Å²) in [7, 11) is 0. The second-order valence-corrected chi connectivity index (χ2v) is 7.14. The first-order chi connectivity index (χ1) is 13.7. The Balaban J connectivity index is 1.39. The van der Waals surface area contributed by atoms with E-state index in [0.717, 1.165) is 44.1 Å². The topological polar surface area (TPSA) is 67.4 Å². The minimum atomic E-state index is 0.0747. The summed E-state index contributed by atoms with van der Waals surface area (Å²) in [6.45, 7) is 8.32. The average molecular weight is 379 g/mol. The molecule has 3 aromatic rings. The number of amides is 1. The molecule has 0 radical (unpaired) electrons. The summed E-state index contributed by atoms with van der Waals surface area (Å²) in [6.07, 6.45) is 6.94. The number of hydrogen-bond acceptors (Lipinski definition) is 5. The molecule has 7 heteroatoms. The number of imidazole rings is 1. The van der Waals surface area contributed by atoms with Crippen molar-refractivity contribution < 1.29 is 9.21 Å².